The van der Waals surface area contributed by atoms with Crippen LogP contribution in [0.1, 0.15) is 33.1 Å². The molecule has 0 aromatic heterocycles. The molecule has 0 aliphatic carbocycles. The summed E-state index contributed by atoms with van der Waals surface area (Å²) < 4.78 is 21.9. The second kappa shape index (κ2) is 6.97. The van der Waals surface area contributed by atoms with Crippen LogP contribution in [0.2, 0.25) is 0 Å². The smallest absolute Gasteiger partial charge is 0.148 e. The van der Waals surface area contributed by atoms with Crippen molar-refractivity contribution in [3.8, 4) is 6.07 Å². The van der Waals surface area contributed by atoms with Gasteiger partial charge in [-0.1, -0.05) is 6.42 Å². The molecule has 0 N–H and O–H groups in total. The highest BCUT2D eigenvalue weighted by Crippen LogP contribution is 2.21. The molecule has 0 rings (SSSR count). The summed E-state index contributed by atoms with van der Waals surface area (Å²) in [6, 6.07) is 2.28. The first-order valence-corrected chi connectivity index (χ1v) is 8.00. The third kappa shape index (κ3) is 10.3. The molecule has 0 fully saturated rings. The van der Waals surface area contributed by atoms with E-state index in [1.54, 1.807) is 0 Å². The van der Waals surface area contributed by atoms with Crippen LogP contribution in [-0.2, 0) is 9.84 Å². The third-order valence-corrected chi connectivity index (χ3v) is 3.66. The molecule has 5 heteroatoms. The van der Waals surface area contributed by atoms with Gasteiger partial charge in [0.25, 0.3) is 0 Å². The van der Waals surface area contributed by atoms with Crippen molar-refractivity contribution in [3.05, 3.63) is 0 Å². The van der Waals surface area contributed by atoms with E-state index in [9.17, 15) is 8.42 Å². The van der Waals surface area contributed by atoms with E-state index >= 15 is 0 Å². The summed E-state index contributed by atoms with van der Waals surface area (Å²) in [6.45, 7) is 5.36. The summed E-state index contributed by atoms with van der Waals surface area (Å²) in [4.78, 5) is 2.03. The molecule has 0 saturated heterocycles. The zero-order chi connectivity index (χ0) is 13.5. The number of nitriles is 1. The maximum absolute atomic E-state index is 11.0. The Kier molecular flexibility index (Phi) is 6.73. The van der Waals surface area contributed by atoms with Crippen LogP contribution in [0, 0.1) is 16.7 Å². The first-order chi connectivity index (χ1) is 7.66. The lowest BCUT2D eigenvalue weighted by Crippen LogP contribution is -2.26. The maximum Gasteiger partial charge on any atom is 0.148 e. The highest BCUT2D eigenvalue weighted by Gasteiger charge is 2.15. The Morgan fingerprint density at radius 3 is 2.29 bits per heavy atom. The number of nitrogens with zero attached hydrogens (tertiary/aromatic N) is 2. The summed E-state index contributed by atoms with van der Waals surface area (Å²) in [5.74, 6) is 0.215. The molecule has 17 heavy (non-hydrogen) atoms. The number of hydrogen-bond acceptors (Lipinski definition) is 4. The fraction of sp³-hybridized carbons (Fsp3) is 0.917. The van der Waals surface area contributed by atoms with Gasteiger partial charge in [0.15, 0.2) is 0 Å². The molecule has 100 valence electrons. The van der Waals surface area contributed by atoms with E-state index in [2.05, 4.69) is 6.07 Å². The molecule has 0 radical (unpaired) electrons. The van der Waals surface area contributed by atoms with Crippen molar-refractivity contribution in [3.63, 3.8) is 0 Å². The van der Waals surface area contributed by atoms with Crippen LogP contribution in [0.15, 0.2) is 0 Å². The highest BCUT2D eigenvalue weighted by molar-refractivity contribution is 7.90. The van der Waals surface area contributed by atoms with Crippen molar-refractivity contribution in [1.29, 1.82) is 5.26 Å². The fourth-order valence-corrected chi connectivity index (χ4v) is 2.08. The van der Waals surface area contributed by atoms with E-state index in [0.29, 0.717) is 6.54 Å². The molecule has 0 aromatic rings. The Morgan fingerprint density at radius 1 is 1.24 bits per heavy atom. The lowest BCUT2D eigenvalue weighted by Gasteiger charge is -2.18. The quantitative estimate of drug-likeness (QED) is 0.623. The first-order valence-electron chi connectivity index (χ1n) is 5.94. The molecule has 0 spiro atoms. The summed E-state index contributed by atoms with van der Waals surface area (Å²) in [5.41, 5.74) is -0.245. The zero-order valence-electron chi connectivity index (χ0n) is 11.4. The molecule has 0 amide bonds. The molecule has 0 saturated carbocycles. The van der Waals surface area contributed by atoms with Gasteiger partial charge < -0.3 is 4.90 Å². The summed E-state index contributed by atoms with van der Waals surface area (Å²) in [6.07, 6.45) is 4.16. The molecule has 0 aliphatic heterocycles. The highest BCUT2D eigenvalue weighted by atomic mass is 32.2. The minimum atomic E-state index is -2.86. The number of sulfone groups is 1. The molecule has 0 unspecified atom stereocenters. The standard InChI is InChI=1S/C12H24N2O2S/c1-12(2,11-13)7-5-6-8-14(3)9-10-17(4,15)16/h5-10H2,1-4H3. The second-order valence-corrected chi connectivity index (χ2v) is 7.65. The number of rotatable bonds is 8. The van der Waals surface area contributed by atoms with Gasteiger partial charge in [-0.3, -0.25) is 0 Å². The topological polar surface area (TPSA) is 61.2 Å². The van der Waals surface area contributed by atoms with E-state index < -0.39 is 9.84 Å². The lowest BCUT2D eigenvalue weighted by atomic mass is 9.89. The van der Waals surface area contributed by atoms with Crippen molar-refractivity contribution < 1.29 is 8.42 Å². The average Bonchev–Trinajstić information content (AvgIpc) is 2.20. The zero-order valence-corrected chi connectivity index (χ0v) is 12.2. The molecule has 4 nitrogen and oxygen atoms in total. The van der Waals surface area contributed by atoms with Gasteiger partial charge in [0.1, 0.15) is 9.84 Å². The lowest BCUT2D eigenvalue weighted by molar-refractivity contribution is 0.328. The van der Waals surface area contributed by atoms with Gasteiger partial charge in [0, 0.05) is 12.8 Å². The predicted octanol–water partition coefficient (Wildman–Crippen LogP) is 1.68. The monoisotopic (exact) mass is 260 g/mol. The molecule has 0 aliphatic rings. The Bertz CT molecular complexity index is 355. The molecule has 0 atom stereocenters. The van der Waals surface area contributed by atoms with E-state index in [1.807, 2.05) is 25.8 Å². The van der Waals surface area contributed by atoms with E-state index in [1.165, 1.54) is 6.26 Å². The van der Waals surface area contributed by atoms with Crippen molar-refractivity contribution in [2.45, 2.75) is 33.1 Å². The normalized spacial score (nSPS) is 12.7. The summed E-state index contributed by atoms with van der Waals surface area (Å²) in [7, 11) is -0.931. The molecular formula is C12H24N2O2S. The van der Waals surface area contributed by atoms with Crippen LogP contribution in [0.4, 0.5) is 0 Å². The van der Waals surface area contributed by atoms with Gasteiger partial charge in [-0.25, -0.2) is 8.42 Å². The van der Waals surface area contributed by atoms with Crippen molar-refractivity contribution in [2.75, 3.05) is 32.1 Å². The summed E-state index contributed by atoms with van der Waals surface area (Å²) >= 11 is 0. The Balaban J connectivity index is 3.67. The van der Waals surface area contributed by atoms with Gasteiger partial charge in [-0.15, -0.1) is 0 Å². The first kappa shape index (κ1) is 16.4. The largest absolute Gasteiger partial charge is 0.305 e. The Labute approximate surface area is 106 Å². The molecule has 0 aromatic carbocycles. The van der Waals surface area contributed by atoms with Gasteiger partial charge in [0.2, 0.25) is 0 Å². The minimum Gasteiger partial charge on any atom is -0.305 e. The van der Waals surface area contributed by atoms with Gasteiger partial charge in [0.05, 0.1) is 17.2 Å². The van der Waals surface area contributed by atoms with Gasteiger partial charge in [-0.2, -0.15) is 5.26 Å². The fourth-order valence-electron chi connectivity index (χ4n) is 1.44. The summed E-state index contributed by atoms with van der Waals surface area (Å²) in [5, 5.41) is 8.85. The minimum absolute atomic E-state index is 0.215. The van der Waals surface area contributed by atoms with Crippen molar-refractivity contribution in [1.82, 2.24) is 4.90 Å². The molecular weight excluding hydrogens is 236 g/mol. The van der Waals surface area contributed by atoms with E-state index in [4.69, 9.17) is 5.26 Å². The van der Waals surface area contributed by atoms with Crippen LogP contribution < -0.4 is 0 Å². The van der Waals surface area contributed by atoms with Crippen molar-refractivity contribution in [2.24, 2.45) is 5.41 Å². The van der Waals surface area contributed by atoms with Crippen LogP contribution >= 0.6 is 0 Å². The van der Waals surface area contributed by atoms with E-state index in [-0.39, 0.29) is 11.2 Å². The molecule has 0 heterocycles. The molecule has 0 bridgehead atoms. The SMILES string of the molecule is CN(CCCCC(C)(C)C#N)CCS(C)(=O)=O. The van der Waals surface area contributed by atoms with Gasteiger partial charge >= 0.3 is 0 Å². The van der Waals surface area contributed by atoms with E-state index in [0.717, 1.165) is 25.8 Å². The number of unbranched alkanes of at least 4 members (excludes halogenated alkanes) is 1. The van der Waals surface area contributed by atoms with Crippen LogP contribution in [0.5, 0.6) is 0 Å². The maximum atomic E-state index is 11.0. The Morgan fingerprint density at radius 2 is 1.82 bits per heavy atom. The van der Waals surface area contributed by atoms with Crippen molar-refractivity contribution >= 4 is 9.84 Å². The van der Waals surface area contributed by atoms with Crippen LogP contribution in [-0.4, -0.2) is 45.5 Å². The van der Waals surface area contributed by atoms with Crippen LogP contribution in [0.3, 0.4) is 0 Å². The third-order valence-electron chi connectivity index (χ3n) is 2.74. The van der Waals surface area contributed by atoms with Crippen LogP contribution in [0.25, 0.3) is 0 Å². The van der Waals surface area contributed by atoms with Gasteiger partial charge in [-0.05, 0) is 40.3 Å². The predicted molar refractivity (Wildman–Crippen MR) is 70.5 cm³/mol. The Hall–Kier alpha value is -0.600. The number of hydrogen-bond donors (Lipinski definition) is 0. The second-order valence-electron chi connectivity index (χ2n) is 5.39. The average molecular weight is 260 g/mol.